The molecule has 18 heavy (non-hydrogen) atoms. The van der Waals surface area contributed by atoms with E-state index < -0.39 is 11.9 Å². The number of hydrogen-bond donors (Lipinski definition) is 2. The van der Waals surface area contributed by atoms with E-state index in [4.69, 9.17) is 5.11 Å². The molecule has 5 nitrogen and oxygen atoms in total. The Morgan fingerprint density at radius 2 is 2.00 bits per heavy atom. The predicted octanol–water partition coefficient (Wildman–Crippen LogP) is 2.09. The molecule has 0 aliphatic heterocycles. The predicted molar refractivity (Wildman–Crippen MR) is 73.9 cm³/mol. The van der Waals surface area contributed by atoms with Gasteiger partial charge in [0.05, 0.1) is 11.4 Å². The average Bonchev–Trinajstić information content (AvgIpc) is 2.26. The molecule has 0 radical (unpaired) electrons. The van der Waals surface area contributed by atoms with Crippen molar-refractivity contribution in [3.63, 3.8) is 0 Å². The van der Waals surface area contributed by atoms with Crippen LogP contribution < -0.4 is 10.2 Å². The zero-order valence-corrected chi connectivity index (χ0v) is 11.6. The van der Waals surface area contributed by atoms with Crippen molar-refractivity contribution in [1.82, 2.24) is 0 Å². The fraction of sp³-hybridized carbons (Fsp3) is 0.167. The first-order valence-corrected chi connectivity index (χ1v) is 5.88. The number of halogens is 1. The third kappa shape index (κ3) is 4.21. The summed E-state index contributed by atoms with van der Waals surface area (Å²) in [6, 6.07) is 5.46. The topological polar surface area (TPSA) is 69.6 Å². The van der Waals surface area contributed by atoms with Crippen LogP contribution in [0.25, 0.3) is 0 Å². The molecule has 0 atom stereocenters. The summed E-state index contributed by atoms with van der Waals surface area (Å²) in [4.78, 5) is 23.7. The van der Waals surface area contributed by atoms with Crippen molar-refractivity contribution in [2.24, 2.45) is 0 Å². The van der Waals surface area contributed by atoms with E-state index in [2.05, 4.69) is 21.2 Å². The Morgan fingerprint density at radius 1 is 1.33 bits per heavy atom. The van der Waals surface area contributed by atoms with Crippen molar-refractivity contribution in [3.8, 4) is 0 Å². The summed E-state index contributed by atoms with van der Waals surface area (Å²) in [6.45, 7) is 0. The third-order valence-electron chi connectivity index (χ3n) is 2.08. The SMILES string of the molecule is CN(C)c1ccc(Br)cc1NC(=O)/C=C/C(=O)O. The molecule has 1 rings (SSSR count). The van der Waals surface area contributed by atoms with E-state index >= 15 is 0 Å². The standard InChI is InChI=1S/C12H13BrN2O3/c1-15(2)10-4-3-8(13)7-9(10)14-11(16)5-6-12(17)18/h3-7H,1-2H3,(H,14,16)(H,17,18)/b6-5+. The van der Waals surface area contributed by atoms with Gasteiger partial charge in [-0.1, -0.05) is 15.9 Å². The van der Waals surface area contributed by atoms with Gasteiger partial charge in [0, 0.05) is 30.7 Å². The summed E-state index contributed by atoms with van der Waals surface area (Å²) in [5, 5.41) is 11.1. The van der Waals surface area contributed by atoms with E-state index in [1.54, 1.807) is 6.07 Å². The molecule has 0 saturated heterocycles. The summed E-state index contributed by atoms with van der Waals surface area (Å²) in [5.41, 5.74) is 1.43. The first kappa shape index (κ1) is 14.2. The molecule has 0 fully saturated rings. The molecule has 1 amide bonds. The number of rotatable bonds is 4. The number of carboxylic acids is 1. The van der Waals surface area contributed by atoms with Gasteiger partial charge in [-0.05, 0) is 18.2 Å². The summed E-state index contributed by atoms with van der Waals surface area (Å²) in [7, 11) is 3.71. The lowest BCUT2D eigenvalue weighted by Gasteiger charge is -2.17. The number of carbonyl (C=O) groups is 2. The highest BCUT2D eigenvalue weighted by molar-refractivity contribution is 9.10. The van der Waals surface area contributed by atoms with Crippen molar-refractivity contribution in [3.05, 3.63) is 34.8 Å². The number of carboxylic acid groups (broad SMARTS) is 1. The van der Waals surface area contributed by atoms with Crippen LogP contribution in [0.3, 0.4) is 0 Å². The molecule has 0 saturated carbocycles. The molecule has 0 unspecified atom stereocenters. The van der Waals surface area contributed by atoms with Gasteiger partial charge >= 0.3 is 5.97 Å². The molecule has 0 bridgehead atoms. The Kier molecular flexibility index (Phi) is 4.91. The number of benzene rings is 1. The van der Waals surface area contributed by atoms with Gasteiger partial charge in [0.25, 0.3) is 0 Å². The van der Waals surface area contributed by atoms with Crippen LogP contribution in [0.2, 0.25) is 0 Å². The van der Waals surface area contributed by atoms with Crippen LogP contribution in [-0.4, -0.2) is 31.1 Å². The highest BCUT2D eigenvalue weighted by atomic mass is 79.9. The highest BCUT2D eigenvalue weighted by Crippen LogP contribution is 2.27. The van der Waals surface area contributed by atoms with E-state index in [-0.39, 0.29) is 0 Å². The number of aliphatic carboxylic acids is 1. The van der Waals surface area contributed by atoms with Crippen LogP contribution in [0, 0.1) is 0 Å². The van der Waals surface area contributed by atoms with E-state index in [1.807, 2.05) is 31.1 Å². The first-order chi connectivity index (χ1) is 8.40. The minimum absolute atomic E-state index is 0.487. The van der Waals surface area contributed by atoms with Crippen molar-refractivity contribution in [1.29, 1.82) is 0 Å². The van der Waals surface area contributed by atoms with Gasteiger partial charge in [-0.2, -0.15) is 0 Å². The number of anilines is 2. The molecule has 0 heterocycles. The third-order valence-corrected chi connectivity index (χ3v) is 2.57. The molecule has 0 aliphatic rings. The van der Waals surface area contributed by atoms with Crippen LogP contribution in [0.15, 0.2) is 34.8 Å². The molecular weight excluding hydrogens is 300 g/mol. The van der Waals surface area contributed by atoms with Crippen molar-refractivity contribution >= 4 is 39.2 Å². The maximum absolute atomic E-state index is 11.5. The molecule has 0 aliphatic carbocycles. The van der Waals surface area contributed by atoms with Crippen molar-refractivity contribution in [2.75, 3.05) is 24.3 Å². The maximum atomic E-state index is 11.5. The average molecular weight is 313 g/mol. The van der Waals surface area contributed by atoms with Gasteiger partial charge in [-0.3, -0.25) is 4.79 Å². The number of hydrogen-bond acceptors (Lipinski definition) is 3. The van der Waals surface area contributed by atoms with Gasteiger partial charge in [0.1, 0.15) is 0 Å². The fourth-order valence-corrected chi connectivity index (χ4v) is 1.68. The van der Waals surface area contributed by atoms with Crippen LogP contribution in [0.5, 0.6) is 0 Å². The summed E-state index contributed by atoms with van der Waals surface area (Å²) in [6.07, 6.45) is 1.77. The quantitative estimate of drug-likeness (QED) is 0.835. The second-order valence-corrected chi connectivity index (χ2v) is 4.63. The largest absolute Gasteiger partial charge is 0.478 e. The molecule has 6 heteroatoms. The van der Waals surface area contributed by atoms with E-state index in [0.29, 0.717) is 5.69 Å². The van der Waals surface area contributed by atoms with Crippen LogP contribution >= 0.6 is 15.9 Å². The van der Waals surface area contributed by atoms with Gasteiger partial charge in [-0.15, -0.1) is 0 Å². The lowest BCUT2D eigenvalue weighted by atomic mass is 10.2. The number of nitrogens with zero attached hydrogens (tertiary/aromatic N) is 1. The molecule has 1 aromatic rings. The second-order valence-electron chi connectivity index (χ2n) is 3.72. The Labute approximate surface area is 113 Å². The van der Waals surface area contributed by atoms with Gasteiger partial charge in [0.15, 0.2) is 0 Å². The van der Waals surface area contributed by atoms with Crippen LogP contribution in [0.1, 0.15) is 0 Å². The smallest absolute Gasteiger partial charge is 0.328 e. The normalized spacial score (nSPS) is 10.4. The summed E-state index contributed by atoms with van der Waals surface area (Å²) >= 11 is 3.32. The lowest BCUT2D eigenvalue weighted by Crippen LogP contribution is -2.15. The molecular formula is C12H13BrN2O3. The minimum Gasteiger partial charge on any atom is -0.478 e. The number of nitrogens with one attached hydrogen (secondary N) is 1. The molecule has 0 spiro atoms. The first-order valence-electron chi connectivity index (χ1n) is 5.09. The van der Waals surface area contributed by atoms with Gasteiger partial charge in [0.2, 0.25) is 5.91 Å². The maximum Gasteiger partial charge on any atom is 0.328 e. The monoisotopic (exact) mass is 312 g/mol. The Bertz CT molecular complexity index is 498. The van der Waals surface area contributed by atoms with Crippen LogP contribution in [0.4, 0.5) is 11.4 Å². The summed E-state index contributed by atoms with van der Waals surface area (Å²) in [5.74, 6) is -1.65. The second kappa shape index (κ2) is 6.20. The minimum atomic E-state index is -1.16. The fourth-order valence-electron chi connectivity index (χ4n) is 1.32. The van der Waals surface area contributed by atoms with E-state index in [9.17, 15) is 9.59 Å². The van der Waals surface area contributed by atoms with E-state index in [1.165, 1.54) is 0 Å². The molecule has 0 aromatic heterocycles. The zero-order valence-electron chi connectivity index (χ0n) is 9.98. The lowest BCUT2D eigenvalue weighted by molar-refractivity contribution is -0.131. The van der Waals surface area contributed by atoms with Gasteiger partial charge in [-0.25, -0.2) is 4.79 Å². The Balaban J connectivity index is 2.92. The molecule has 96 valence electrons. The Morgan fingerprint density at radius 3 is 2.56 bits per heavy atom. The number of carbonyl (C=O) groups excluding carboxylic acids is 1. The number of amides is 1. The molecule has 2 N–H and O–H groups in total. The van der Waals surface area contributed by atoms with Gasteiger partial charge < -0.3 is 15.3 Å². The van der Waals surface area contributed by atoms with Crippen LogP contribution in [-0.2, 0) is 9.59 Å². The van der Waals surface area contributed by atoms with Crippen molar-refractivity contribution < 1.29 is 14.7 Å². The Hall–Kier alpha value is -1.82. The highest BCUT2D eigenvalue weighted by Gasteiger charge is 2.07. The molecule has 1 aromatic carbocycles. The van der Waals surface area contributed by atoms with E-state index in [0.717, 1.165) is 22.3 Å². The van der Waals surface area contributed by atoms with Crippen molar-refractivity contribution in [2.45, 2.75) is 0 Å². The zero-order chi connectivity index (χ0) is 13.7. The summed E-state index contributed by atoms with van der Waals surface area (Å²) < 4.78 is 0.825.